The Morgan fingerprint density at radius 1 is 1.20 bits per heavy atom. The van der Waals surface area contributed by atoms with E-state index in [9.17, 15) is 4.79 Å². The van der Waals surface area contributed by atoms with Gasteiger partial charge in [-0.2, -0.15) is 0 Å². The number of nitrogens with zero attached hydrogens (tertiary/aromatic N) is 3. The molecule has 0 atom stereocenters. The molecule has 0 spiro atoms. The molecule has 0 radical (unpaired) electrons. The van der Waals surface area contributed by atoms with E-state index in [2.05, 4.69) is 9.88 Å². The lowest BCUT2D eigenvalue weighted by Crippen LogP contribution is -2.39. The van der Waals surface area contributed by atoms with Crippen molar-refractivity contribution in [2.24, 2.45) is 0 Å². The Bertz CT molecular complexity index is 829. The first kappa shape index (κ1) is 22.3. The number of carbonyl (C=O) groups is 1. The average Bonchev–Trinajstić information content (AvgIpc) is 2.78. The number of rotatable bonds is 9. The number of morpholine rings is 1. The Kier molecular flexibility index (Phi) is 8.30. The van der Waals surface area contributed by atoms with Crippen molar-refractivity contribution < 1.29 is 19.0 Å². The molecule has 1 fully saturated rings. The van der Waals surface area contributed by atoms with Gasteiger partial charge in [-0.1, -0.05) is 11.6 Å². The second-order valence-corrected chi connectivity index (χ2v) is 7.49. The summed E-state index contributed by atoms with van der Waals surface area (Å²) < 4.78 is 16.1. The number of halogens is 1. The van der Waals surface area contributed by atoms with Gasteiger partial charge in [0.1, 0.15) is 0 Å². The van der Waals surface area contributed by atoms with Crippen molar-refractivity contribution in [3.8, 4) is 11.5 Å². The zero-order valence-corrected chi connectivity index (χ0v) is 18.2. The fourth-order valence-corrected chi connectivity index (χ4v) is 3.78. The first-order chi connectivity index (χ1) is 14.6. The first-order valence-electron chi connectivity index (χ1n) is 10.0. The van der Waals surface area contributed by atoms with Gasteiger partial charge in [0.15, 0.2) is 11.5 Å². The highest BCUT2D eigenvalue weighted by molar-refractivity contribution is 6.32. The predicted octanol–water partition coefficient (Wildman–Crippen LogP) is 3.12. The van der Waals surface area contributed by atoms with E-state index in [1.54, 1.807) is 24.5 Å². The molecule has 0 bridgehead atoms. The number of pyridine rings is 1. The van der Waals surface area contributed by atoms with Crippen molar-refractivity contribution in [2.75, 3.05) is 53.6 Å². The Morgan fingerprint density at radius 2 is 1.93 bits per heavy atom. The molecule has 1 aromatic heterocycles. The van der Waals surface area contributed by atoms with Crippen molar-refractivity contribution in [1.82, 2.24) is 14.8 Å². The lowest BCUT2D eigenvalue weighted by atomic mass is 10.1. The highest BCUT2D eigenvalue weighted by atomic mass is 35.5. The summed E-state index contributed by atoms with van der Waals surface area (Å²) in [7, 11) is 3.05. The normalized spacial score (nSPS) is 14.4. The van der Waals surface area contributed by atoms with E-state index in [0.29, 0.717) is 35.2 Å². The maximum absolute atomic E-state index is 13.4. The molecule has 0 N–H and O–H groups in total. The quantitative estimate of drug-likeness (QED) is 0.605. The SMILES string of the molecule is COc1cc(C(=O)N(CCCN2CCOCC2)Cc2ccncc2)cc(Cl)c1OC. The van der Waals surface area contributed by atoms with Crippen molar-refractivity contribution in [3.63, 3.8) is 0 Å². The summed E-state index contributed by atoms with van der Waals surface area (Å²) in [6.07, 6.45) is 4.34. The van der Waals surface area contributed by atoms with Crippen LogP contribution in [-0.2, 0) is 11.3 Å². The van der Waals surface area contributed by atoms with E-state index in [-0.39, 0.29) is 5.91 Å². The molecule has 1 aliphatic heterocycles. The van der Waals surface area contributed by atoms with E-state index >= 15 is 0 Å². The van der Waals surface area contributed by atoms with Gasteiger partial charge in [0.05, 0.1) is 32.5 Å². The van der Waals surface area contributed by atoms with E-state index in [1.165, 1.54) is 14.2 Å². The summed E-state index contributed by atoms with van der Waals surface area (Å²) in [5.41, 5.74) is 1.49. The lowest BCUT2D eigenvalue weighted by molar-refractivity contribution is 0.0355. The monoisotopic (exact) mass is 433 g/mol. The van der Waals surface area contributed by atoms with E-state index < -0.39 is 0 Å². The van der Waals surface area contributed by atoms with Gasteiger partial charge in [0.2, 0.25) is 0 Å². The number of hydrogen-bond donors (Lipinski definition) is 0. The highest BCUT2D eigenvalue weighted by Crippen LogP contribution is 2.36. The molecule has 2 heterocycles. The number of carbonyl (C=O) groups excluding carboxylic acids is 1. The standard InChI is InChI=1S/C22H28ClN3O4/c1-28-20-15-18(14-19(23)21(20)29-2)22(27)26(16-17-4-6-24-7-5-17)9-3-8-25-10-12-30-13-11-25/h4-7,14-15H,3,8-13,16H2,1-2H3. The number of ether oxygens (including phenoxy) is 3. The van der Waals surface area contributed by atoms with Crippen molar-refractivity contribution in [2.45, 2.75) is 13.0 Å². The number of hydrogen-bond acceptors (Lipinski definition) is 6. The van der Waals surface area contributed by atoms with E-state index in [4.69, 9.17) is 25.8 Å². The third-order valence-electron chi connectivity index (χ3n) is 5.10. The van der Waals surface area contributed by atoms with Gasteiger partial charge in [-0.3, -0.25) is 14.7 Å². The van der Waals surface area contributed by atoms with Crippen LogP contribution < -0.4 is 9.47 Å². The summed E-state index contributed by atoms with van der Waals surface area (Å²) in [5.74, 6) is 0.755. The maximum Gasteiger partial charge on any atom is 0.254 e. The number of aromatic nitrogens is 1. The predicted molar refractivity (Wildman–Crippen MR) is 115 cm³/mol. The number of amides is 1. The molecule has 1 aliphatic rings. The van der Waals surface area contributed by atoms with Crippen molar-refractivity contribution >= 4 is 17.5 Å². The minimum absolute atomic E-state index is 0.100. The number of methoxy groups -OCH3 is 2. The molecule has 0 saturated carbocycles. The van der Waals surface area contributed by atoms with Crippen LogP contribution in [0.4, 0.5) is 0 Å². The van der Waals surface area contributed by atoms with E-state index in [1.807, 2.05) is 17.0 Å². The highest BCUT2D eigenvalue weighted by Gasteiger charge is 2.21. The van der Waals surface area contributed by atoms with Crippen LogP contribution in [0, 0.1) is 0 Å². The van der Waals surface area contributed by atoms with Crippen LogP contribution in [-0.4, -0.2) is 74.3 Å². The molecular weight excluding hydrogens is 406 g/mol. The summed E-state index contributed by atoms with van der Waals surface area (Å²) in [5, 5.41) is 0.345. The lowest BCUT2D eigenvalue weighted by Gasteiger charge is -2.28. The molecule has 7 nitrogen and oxygen atoms in total. The van der Waals surface area contributed by atoms with Gasteiger partial charge >= 0.3 is 0 Å². The summed E-state index contributed by atoms with van der Waals surface area (Å²) in [6, 6.07) is 7.15. The van der Waals surface area contributed by atoms with Crippen LogP contribution in [0.15, 0.2) is 36.7 Å². The Labute approximate surface area is 182 Å². The molecule has 162 valence electrons. The molecule has 30 heavy (non-hydrogen) atoms. The molecule has 1 saturated heterocycles. The largest absolute Gasteiger partial charge is 0.493 e. The summed E-state index contributed by atoms with van der Waals surface area (Å²) >= 11 is 6.33. The smallest absolute Gasteiger partial charge is 0.254 e. The first-order valence-corrected chi connectivity index (χ1v) is 10.4. The van der Waals surface area contributed by atoms with Crippen LogP contribution in [0.5, 0.6) is 11.5 Å². The Hall–Kier alpha value is -2.35. The Balaban J connectivity index is 1.76. The van der Waals surface area contributed by atoms with Gasteiger partial charge in [0, 0.05) is 50.7 Å². The Morgan fingerprint density at radius 3 is 2.60 bits per heavy atom. The third kappa shape index (κ3) is 5.84. The van der Waals surface area contributed by atoms with Gasteiger partial charge < -0.3 is 19.1 Å². The molecule has 3 rings (SSSR count). The summed E-state index contributed by atoms with van der Waals surface area (Å²) in [6.45, 7) is 5.46. The number of benzene rings is 1. The minimum atomic E-state index is -0.100. The molecule has 2 aromatic rings. The average molecular weight is 434 g/mol. The van der Waals surface area contributed by atoms with Gasteiger partial charge in [0.25, 0.3) is 5.91 Å². The maximum atomic E-state index is 13.4. The van der Waals surface area contributed by atoms with Crippen LogP contribution in [0.2, 0.25) is 5.02 Å². The minimum Gasteiger partial charge on any atom is -0.493 e. The molecule has 1 aromatic carbocycles. The molecule has 8 heteroatoms. The molecular formula is C22H28ClN3O4. The van der Waals surface area contributed by atoms with Crippen molar-refractivity contribution in [1.29, 1.82) is 0 Å². The molecule has 0 unspecified atom stereocenters. The molecule has 0 aliphatic carbocycles. The summed E-state index contributed by atoms with van der Waals surface area (Å²) in [4.78, 5) is 21.6. The zero-order valence-electron chi connectivity index (χ0n) is 17.5. The van der Waals surface area contributed by atoms with Crippen LogP contribution in [0.25, 0.3) is 0 Å². The second kappa shape index (κ2) is 11.2. The second-order valence-electron chi connectivity index (χ2n) is 7.08. The van der Waals surface area contributed by atoms with Crippen LogP contribution >= 0.6 is 11.6 Å². The van der Waals surface area contributed by atoms with Gasteiger partial charge in [-0.05, 0) is 36.2 Å². The van der Waals surface area contributed by atoms with Crippen molar-refractivity contribution in [3.05, 3.63) is 52.8 Å². The van der Waals surface area contributed by atoms with Crippen LogP contribution in [0.3, 0.4) is 0 Å². The fraction of sp³-hybridized carbons (Fsp3) is 0.455. The van der Waals surface area contributed by atoms with E-state index in [0.717, 1.165) is 44.8 Å². The third-order valence-corrected chi connectivity index (χ3v) is 5.38. The fourth-order valence-electron chi connectivity index (χ4n) is 3.49. The zero-order chi connectivity index (χ0) is 21.3. The topological polar surface area (TPSA) is 64.1 Å². The van der Waals surface area contributed by atoms with Crippen LogP contribution in [0.1, 0.15) is 22.3 Å². The molecule has 1 amide bonds. The van der Waals surface area contributed by atoms with Gasteiger partial charge in [-0.25, -0.2) is 0 Å². The van der Waals surface area contributed by atoms with Gasteiger partial charge in [-0.15, -0.1) is 0 Å².